The number of amides is 2. The highest BCUT2D eigenvalue weighted by Gasteiger charge is 2.26. The number of alkyl carbamates (subject to hydrolysis) is 1. The van der Waals surface area contributed by atoms with Gasteiger partial charge in [-0.3, -0.25) is 10.1 Å². The van der Waals surface area contributed by atoms with Gasteiger partial charge in [-0.25, -0.2) is 14.3 Å². The Bertz CT molecular complexity index is 804. The van der Waals surface area contributed by atoms with Crippen LogP contribution in [0.5, 0.6) is 0 Å². The van der Waals surface area contributed by atoms with Crippen LogP contribution in [0.1, 0.15) is 23.0 Å². The van der Waals surface area contributed by atoms with Gasteiger partial charge in [0.05, 0.1) is 18.5 Å². The standard InChI is InChI=1S/C16H16ClN3O5/c1-9-12(13(17)20(19-9)11-7-5-4-6-8-11)15(22)25-10(2)14(21)18-16(23)24-3/h4-8,10H,1-3H3,(H,18,21,23)/t10-/m0/s1. The number of benzene rings is 1. The van der Waals surface area contributed by atoms with Crippen molar-refractivity contribution >= 4 is 29.6 Å². The molecule has 0 bridgehead atoms. The van der Waals surface area contributed by atoms with Crippen LogP contribution in [-0.4, -0.2) is 41.0 Å². The summed E-state index contributed by atoms with van der Waals surface area (Å²) in [7, 11) is 1.11. The summed E-state index contributed by atoms with van der Waals surface area (Å²) in [5.74, 6) is -1.64. The summed E-state index contributed by atoms with van der Waals surface area (Å²) in [4.78, 5) is 35.1. The van der Waals surface area contributed by atoms with Crippen LogP contribution in [0.2, 0.25) is 5.15 Å². The lowest BCUT2D eigenvalue weighted by Crippen LogP contribution is -2.39. The number of para-hydroxylation sites is 1. The third kappa shape index (κ3) is 4.16. The fourth-order valence-corrected chi connectivity index (χ4v) is 2.35. The average Bonchev–Trinajstić information content (AvgIpc) is 2.89. The molecule has 0 fully saturated rings. The Labute approximate surface area is 148 Å². The number of imide groups is 1. The number of hydrogen-bond acceptors (Lipinski definition) is 6. The minimum atomic E-state index is -1.22. The summed E-state index contributed by atoms with van der Waals surface area (Å²) in [6, 6.07) is 9.00. The van der Waals surface area contributed by atoms with Gasteiger partial charge in [0.15, 0.2) is 6.10 Å². The molecule has 0 saturated carbocycles. The number of carbonyl (C=O) groups excluding carboxylic acids is 3. The lowest BCUT2D eigenvalue weighted by atomic mass is 10.2. The highest BCUT2D eigenvalue weighted by atomic mass is 35.5. The van der Waals surface area contributed by atoms with Crippen molar-refractivity contribution < 1.29 is 23.9 Å². The van der Waals surface area contributed by atoms with Gasteiger partial charge in [-0.2, -0.15) is 5.10 Å². The molecule has 2 aromatic rings. The first-order chi connectivity index (χ1) is 11.8. The molecular weight excluding hydrogens is 350 g/mol. The second-order valence-corrected chi connectivity index (χ2v) is 5.38. The van der Waals surface area contributed by atoms with E-state index in [2.05, 4.69) is 9.84 Å². The van der Waals surface area contributed by atoms with Crippen molar-refractivity contribution in [3.63, 3.8) is 0 Å². The lowest BCUT2D eigenvalue weighted by Gasteiger charge is -2.12. The largest absolute Gasteiger partial charge is 0.453 e. The number of hydrogen-bond donors (Lipinski definition) is 1. The molecule has 0 aliphatic rings. The number of ether oxygens (including phenoxy) is 2. The summed E-state index contributed by atoms with van der Waals surface area (Å²) < 4.78 is 10.8. The zero-order valence-electron chi connectivity index (χ0n) is 13.8. The third-order valence-corrected chi connectivity index (χ3v) is 3.62. The molecule has 25 heavy (non-hydrogen) atoms. The Morgan fingerprint density at radius 1 is 1.24 bits per heavy atom. The number of esters is 1. The summed E-state index contributed by atoms with van der Waals surface area (Å²) in [6.45, 7) is 2.92. The maximum Gasteiger partial charge on any atom is 0.413 e. The number of rotatable bonds is 4. The summed E-state index contributed by atoms with van der Waals surface area (Å²) >= 11 is 6.25. The quantitative estimate of drug-likeness (QED) is 0.834. The molecule has 132 valence electrons. The van der Waals surface area contributed by atoms with Gasteiger partial charge >= 0.3 is 12.1 Å². The van der Waals surface area contributed by atoms with Gasteiger partial charge in [-0.05, 0) is 26.0 Å². The Morgan fingerprint density at radius 3 is 2.48 bits per heavy atom. The molecular formula is C16H16ClN3O5. The van der Waals surface area contributed by atoms with Crippen molar-refractivity contribution in [1.29, 1.82) is 0 Å². The monoisotopic (exact) mass is 365 g/mol. The Hall–Kier alpha value is -2.87. The third-order valence-electron chi connectivity index (χ3n) is 3.27. The van der Waals surface area contributed by atoms with Crippen LogP contribution in [0.3, 0.4) is 0 Å². The first-order valence-electron chi connectivity index (χ1n) is 7.25. The smallest absolute Gasteiger partial charge is 0.413 e. The van der Waals surface area contributed by atoms with Crippen molar-refractivity contribution in [3.05, 3.63) is 46.7 Å². The Kier molecular flexibility index (Phi) is 5.76. The number of nitrogens with one attached hydrogen (secondary N) is 1. The number of aromatic nitrogens is 2. The van der Waals surface area contributed by atoms with E-state index in [0.29, 0.717) is 11.4 Å². The Morgan fingerprint density at radius 2 is 1.88 bits per heavy atom. The minimum Gasteiger partial charge on any atom is -0.453 e. The Balaban J connectivity index is 2.19. The molecule has 0 aliphatic heterocycles. The van der Waals surface area contributed by atoms with Crippen LogP contribution in [-0.2, 0) is 14.3 Å². The van der Waals surface area contributed by atoms with Gasteiger partial charge in [0.25, 0.3) is 5.91 Å². The SMILES string of the molecule is COC(=O)NC(=O)[C@H](C)OC(=O)c1c(C)nn(-c2ccccc2)c1Cl. The highest BCUT2D eigenvalue weighted by molar-refractivity contribution is 6.33. The van der Waals surface area contributed by atoms with Crippen molar-refractivity contribution in [2.45, 2.75) is 20.0 Å². The molecule has 1 aromatic heterocycles. The van der Waals surface area contributed by atoms with Gasteiger partial charge in [0.1, 0.15) is 10.7 Å². The van der Waals surface area contributed by atoms with Crippen LogP contribution in [0.15, 0.2) is 30.3 Å². The van der Waals surface area contributed by atoms with Crippen molar-refractivity contribution in [1.82, 2.24) is 15.1 Å². The van der Waals surface area contributed by atoms with E-state index in [0.717, 1.165) is 7.11 Å². The predicted octanol–water partition coefficient (Wildman–Crippen LogP) is 2.26. The van der Waals surface area contributed by atoms with Crippen LogP contribution in [0.25, 0.3) is 5.69 Å². The van der Waals surface area contributed by atoms with Crippen LogP contribution >= 0.6 is 11.6 Å². The van der Waals surface area contributed by atoms with Crippen LogP contribution in [0, 0.1) is 6.92 Å². The average molecular weight is 366 g/mol. The summed E-state index contributed by atoms with van der Waals surface area (Å²) in [5, 5.41) is 6.20. The molecule has 0 aliphatic carbocycles. The molecule has 2 amide bonds. The fourth-order valence-electron chi connectivity index (χ4n) is 2.00. The number of carbonyl (C=O) groups is 3. The van der Waals surface area contributed by atoms with Gasteiger partial charge in [-0.1, -0.05) is 29.8 Å². The summed E-state index contributed by atoms with van der Waals surface area (Å²) in [5.41, 5.74) is 1.06. The van der Waals surface area contributed by atoms with E-state index >= 15 is 0 Å². The molecule has 0 spiro atoms. The van der Waals surface area contributed by atoms with Gasteiger partial charge in [-0.15, -0.1) is 0 Å². The second kappa shape index (κ2) is 7.80. The normalized spacial score (nSPS) is 11.5. The van der Waals surface area contributed by atoms with Gasteiger partial charge in [0.2, 0.25) is 0 Å². The molecule has 9 heteroatoms. The second-order valence-electron chi connectivity index (χ2n) is 5.03. The number of halogens is 1. The number of nitrogens with zero attached hydrogens (tertiary/aromatic N) is 2. The molecule has 8 nitrogen and oxygen atoms in total. The molecule has 1 aromatic carbocycles. The molecule has 1 atom stereocenters. The fraction of sp³-hybridized carbons (Fsp3) is 0.250. The molecule has 0 saturated heterocycles. The molecule has 1 N–H and O–H groups in total. The highest BCUT2D eigenvalue weighted by Crippen LogP contribution is 2.24. The van der Waals surface area contributed by atoms with Gasteiger partial charge in [0, 0.05) is 0 Å². The van der Waals surface area contributed by atoms with Crippen LogP contribution in [0.4, 0.5) is 4.79 Å². The number of methoxy groups -OCH3 is 1. The zero-order chi connectivity index (χ0) is 18.6. The molecule has 1 heterocycles. The minimum absolute atomic E-state index is 0.0447. The maximum atomic E-state index is 12.3. The van der Waals surface area contributed by atoms with E-state index in [4.69, 9.17) is 16.3 Å². The maximum absolute atomic E-state index is 12.3. The summed E-state index contributed by atoms with van der Waals surface area (Å²) in [6.07, 6.45) is -2.17. The molecule has 0 unspecified atom stereocenters. The van der Waals surface area contributed by atoms with E-state index < -0.39 is 24.1 Å². The topological polar surface area (TPSA) is 99.5 Å². The lowest BCUT2D eigenvalue weighted by molar-refractivity contribution is -0.128. The van der Waals surface area contributed by atoms with E-state index in [9.17, 15) is 14.4 Å². The van der Waals surface area contributed by atoms with E-state index in [1.54, 1.807) is 31.2 Å². The van der Waals surface area contributed by atoms with Crippen molar-refractivity contribution in [2.75, 3.05) is 7.11 Å². The number of aryl methyl sites for hydroxylation is 1. The van der Waals surface area contributed by atoms with E-state index in [1.807, 2.05) is 11.4 Å². The molecule has 0 radical (unpaired) electrons. The first-order valence-corrected chi connectivity index (χ1v) is 7.63. The van der Waals surface area contributed by atoms with E-state index in [1.165, 1.54) is 11.6 Å². The molecule has 2 rings (SSSR count). The zero-order valence-corrected chi connectivity index (χ0v) is 14.5. The van der Waals surface area contributed by atoms with Crippen molar-refractivity contribution in [2.24, 2.45) is 0 Å². The van der Waals surface area contributed by atoms with E-state index in [-0.39, 0.29) is 10.7 Å². The van der Waals surface area contributed by atoms with Crippen molar-refractivity contribution in [3.8, 4) is 5.69 Å². The van der Waals surface area contributed by atoms with Gasteiger partial charge < -0.3 is 9.47 Å². The van der Waals surface area contributed by atoms with Crippen LogP contribution < -0.4 is 5.32 Å². The first kappa shape index (κ1) is 18.5. The predicted molar refractivity (Wildman–Crippen MR) is 88.7 cm³/mol.